The van der Waals surface area contributed by atoms with Crippen LogP contribution in [0.1, 0.15) is 27.7 Å². The van der Waals surface area contributed by atoms with Crippen LogP contribution in [-0.4, -0.2) is 24.7 Å². The summed E-state index contributed by atoms with van der Waals surface area (Å²) in [6, 6.07) is 2.10. The predicted molar refractivity (Wildman–Crippen MR) is 77.7 cm³/mol. The van der Waals surface area contributed by atoms with Gasteiger partial charge in [0.05, 0.1) is 18.8 Å². The first kappa shape index (κ1) is 16.6. The monoisotopic (exact) mass is 247 g/mol. The quantitative estimate of drug-likeness (QED) is 0.616. The largest absolute Gasteiger partial charge is 0.312 e. The third kappa shape index (κ3) is 5.31. The molecule has 18 heavy (non-hydrogen) atoms. The Bertz CT molecular complexity index is 370. The minimum Gasteiger partial charge on any atom is -0.312 e. The van der Waals surface area contributed by atoms with Crippen LogP contribution in [-0.2, 0) is 0 Å². The Balaban J connectivity index is 0.00000137. The van der Waals surface area contributed by atoms with Crippen molar-refractivity contribution in [1.29, 1.82) is 5.26 Å². The summed E-state index contributed by atoms with van der Waals surface area (Å²) in [6.07, 6.45) is 10.1. The summed E-state index contributed by atoms with van der Waals surface area (Å²) < 4.78 is 0. The first-order valence-electron chi connectivity index (χ1n) is 6.38. The molecule has 2 N–H and O–H groups in total. The number of nitrogens with two attached hydrogens (primary N) is 1. The van der Waals surface area contributed by atoms with Gasteiger partial charge in [-0.05, 0) is 12.6 Å². The molecule has 0 saturated heterocycles. The van der Waals surface area contributed by atoms with Gasteiger partial charge in [0, 0.05) is 5.41 Å². The van der Waals surface area contributed by atoms with Crippen LogP contribution in [0.25, 0.3) is 0 Å². The summed E-state index contributed by atoms with van der Waals surface area (Å²) in [5.41, 5.74) is 7.15. The van der Waals surface area contributed by atoms with Crippen molar-refractivity contribution in [2.45, 2.75) is 33.9 Å². The molecule has 0 aromatic rings. The first-order chi connectivity index (χ1) is 8.46. The number of allylic oxidation sites excluding steroid dienone is 4. The van der Waals surface area contributed by atoms with E-state index in [2.05, 4.69) is 32.1 Å². The van der Waals surface area contributed by atoms with Crippen LogP contribution in [0.5, 0.6) is 0 Å². The fourth-order valence-electron chi connectivity index (χ4n) is 1.49. The van der Waals surface area contributed by atoms with Crippen molar-refractivity contribution in [2.75, 3.05) is 13.6 Å². The molecule has 0 bridgehead atoms. The molecule has 0 aliphatic heterocycles. The van der Waals surface area contributed by atoms with E-state index < -0.39 is 0 Å². The maximum absolute atomic E-state index is 8.62. The van der Waals surface area contributed by atoms with E-state index in [1.165, 1.54) is 0 Å². The molecule has 1 atom stereocenters. The van der Waals surface area contributed by atoms with Crippen LogP contribution in [0.15, 0.2) is 36.0 Å². The highest BCUT2D eigenvalue weighted by atomic mass is 15.2. The van der Waals surface area contributed by atoms with E-state index in [1.54, 1.807) is 0 Å². The van der Waals surface area contributed by atoms with Gasteiger partial charge in [-0.25, -0.2) is 0 Å². The number of rotatable bonds is 3. The molecule has 3 heteroatoms. The number of likely N-dealkylation sites (N-methyl/N-ethyl adjacent to an activating group) is 1. The zero-order valence-corrected chi connectivity index (χ0v) is 12.1. The zero-order chi connectivity index (χ0) is 14.2. The molecule has 0 radical (unpaired) electrons. The van der Waals surface area contributed by atoms with Gasteiger partial charge < -0.3 is 5.73 Å². The molecule has 3 nitrogen and oxygen atoms in total. The van der Waals surface area contributed by atoms with E-state index in [4.69, 9.17) is 11.0 Å². The van der Waals surface area contributed by atoms with Gasteiger partial charge in [0.15, 0.2) is 0 Å². The number of nitrogens with zero attached hydrogens (tertiary/aromatic N) is 2. The molecule has 1 unspecified atom stereocenters. The Morgan fingerprint density at radius 3 is 2.56 bits per heavy atom. The van der Waals surface area contributed by atoms with Gasteiger partial charge in [-0.2, -0.15) is 5.26 Å². The van der Waals surface area contributed by atoms with Gasteiger partial charge in [0.1, 0.15) is 0 Å². The Hall–Kier alpha value is -1.37. The topological polar surface area (TPSA) is 53.0 Å². The lowest BCUT2D eigenvalue weighted by Gasteiger charge is -2.22. The van der Waals surface area contributed by atoms with Crippen LogP contribution in [0.3, 0.4) is 0 Å². The Morgan fingerprint density at radius 2 is 2.00 bits per heavy atom. The summed E-state index contributed by atoms with van der Waals surface area (Å²) in [4.78, 5) is 1.82. The standard InChI is InChI=1S/C13H19N3.C2H6/c1-13(2)7-4-5-11(6-8-13)12(15)16(3)10-9-14;1-2/h4-8,12H,10,15H2,1-3H3;1-2H3. The van der Waals surface area contributed by atoms with E-state index in [0.717, 1.165) is 5.57 Å². The van der Waals surface area contributed by atoms with Crippen LogP contribution >= 0.6 is 0 Å². The van der Waals surface area contributed by atoms with Crippen molar-refractivity contribution in [1.82, 2.24) is 4.90 Å². The number of hydrogen-bond acceptors (Lipinski definition) is 3. The van der Waals surface area contributed by atoms with E-state index in [9.17, 15) is 0 Å². The van der Waals surface area contributed by atoms with Crippen LogP contribution in [0, 0.1) is 16.7 Å². The molecular formula is C15H25N3. The van der Waals surface area contributed by atoms with Gasteiger partial charge in [-0.1, -0.05) is 58.1 Å². The average molecular weight is 247 g/mol. The van der Waals surface area contributed by atoms with E-state index in [0.29, 0.717) is 6.54 Å². The van der Waals surface area contributed by atoms with Crippen LogP contribution in [0.4, 0.5) is 0 Å². The minimum atomic E-state index is -0.227. The summed E-state index contributed by atoms with van der Waals surface area (Å²) in [6.45, 7) is 8.61. The number of hydrogen-bond donors (Lipinski definition) is 1. The molecule has 0 spiro atoms. The predicted octanol–water partition coefficient (Wildman–Crippen LogP) is 2.83. The van der Waals surface area contributed by atoms with Gasteiger partial charge in [0.25, 0.3) is 0 Å². The number of nitriles is 1. The van der Waals surface area contributed by atoms with E-state index in [1.807, 2.05) is 44.0 Å². The molecule has 0 aromatic carbocycles. The fraction of sp³-hybridized carbons (Fsp3) is 0.533. The van der Waals surface area contributed by atoms with Gasteiger partial charge in [-0.15, -0.1) is 0 Å². The van der Waals surface area contributed by atoms with Crippen molar-refractivity contribution in [3.05, 3.63) is 36.0 Å². The van der Waals surface area contributed by atoms with Crippen molar-refractivity contribution >= 4 is 0 Å². The van der Waals surface area contributed by atoms with Crippen molar-refractivity contribution in [3.63, 3.8) is 0 Å². The van der Waals surface area contributed by atoms with Crippen molar-refractivity contribution in [3.8, 4) is 6.07 Å². The SMILES string of the molecule is CC.CN(CC#N)C(N)C1=CC=CC(C)(C)C=C1. The molecule has 100 valence electrons. The smallest absolute Gasteiger partial charge is 0.0878 e. The third-order valence-corrected chi connectivity index (χ3v) is 2.66. The molecule has 0 aromatic heterocycles. The second-order valence-electron chi connectivity index (χ2n) is 4.70. The zero-order valence-electron chi connectivity index (χ0n) is 12.1. The van der Waals surface area contributed by atoms with Crippen LogP contribution < -0.4 is 5.73 Å². The lowest BCUT2D eigenvalue weighted by atomic mass is 9.93. The molecule has 1 rings (SSSR count). The molecule has 0 saturated carbocycles. The lowest BCUT2D eigenvalue weighted by molar-refractivity contribution is 0.312. The Kier molecular flexibility index (Phi) is 7.26. The fourth-order valence-corrected chi connectivity index (χ4v) is 1.49. The first-order valence-corrected chi connectivity index (χ1v) is 6.38. The van der Waals surface area contributed by atoms with Crippen molar-refractivity contribution in [2.24, 2.45) is 11.1 Å². The van der Waals surface area contributed by atoms with Crippen molar-refractivity contribution < 1.29 is 0 Å². The maximum atomic E-state index is 8.62. The molecule has 1 aliphatic carbocycles. The van der Waals surface area contributed by atoms with E-state index in [-0.39, 0.29) is 11.6 Å². The molecule has 0 amide bonds. The second kappa shape index (κ2) is 7.86. The van der Waals surface area contributed by atoms with Crippen LogP contribution in [0.2, 0.25) is 0 Å². The molecule has 1 aliphatic rings. The van der Waals surface area contributed by atoms with E-state index >= 15 is 0 Å². The summed E-state index contributed by atoms with van der Waals surface area (Å²) in [7, 11) is 1.85. The van der Waals surface area contributed by atoms with Gasteiger partial charge in [-0.3, -0.25) is 4.90 Å². The normalized spacial score (nSPS) is 18.2. The summed E-state index contributed by atoms with van der Waals surface area (Å²) in [5, 5.41) is 8.62. The molecule has 0 heterocycles. The highest BCUT2D eigenvalue weighted by Crippen LogP contribution is 2.23. The molecular weight excluding hydrogens is 222 g/mol. The van der Waals surface area contributed by atoms with Gasteiger partial charge >= 0.3 is 0 Å². The third-order valence-electron chi connectivity index (χ3n) is 2.66. The summed E-state index contributed by atoms with van der Waals surface area (Å²) >= 11 is 0. The average Bonchev–Trinajstić information content (AvgIpc) is 2.52. The molecule has 0 fully saturated rings. The summed E-state index contributed by atoms with van der Waals surface area (Å²) in [5.74, 6) is 0. The highest BCUT2D eigenvalue weighted by Gasteiger charge is 2.16. The van der Waals surface area contributed by atoms with Gasteiger partial charge in [0.2, 0.25) is 0 Å². The maximum Gasteiger partial charge on any atom is 0.0878 e. The lowest BCUT2D eigenvalue weighted by Crippen LogP contribution is -2.40. The minimum absolute atomic E-state index is 0.0613. The Labute approximate surface area is 111 Å². The Morgan fingerprint density at radius 1 is 1.39 bits per heavy atom. The second-order valence-corrected chi connectivity index (χ2v) is 4.70. The highest BCUT2D eigenvalue weighted by molar-refractivity contribution is 5.33.